The van der Waals surface area contributed by atoms with E-state index in [1.54, 1.807) is 18.2 Å². The van der Waals surface area contributed by atoms with Crippen molar-refractivity contribution in [2.45, 2.75) is 19.0 Å². The zero-order valence-electron chi connectivity index (χ0n) is 14.0. The van der Waals surface area contributed by atoms with Gasteiger partial charge in [-0.1, -0.05) is 18.2 Å². The zero-order valence-corrected chi connectivity index (χ0v) is 14.0. The fraction of sp³-hybridized carbons (Fsp3) is 0.316. The minimum atomic E-state index is -4.37. The van der Waals surface area contributed by atoms with Crippen LogP contribution in [-0.2, 0) is 15.7 Å². The summed E-state index contributed by atoms with van der Waals surface area (Å²) in [4.78, 5) is 12.4. The molecule has 0 bridgehead atoms. The number of rotatable bonds is 3. The summed E-state index contributed by atoms with van der Waals surface area (Å²) in [7, 11) is 0. The summed E-state index contributed by atoms with van der Waals surface area (Å²) in [6.07, 6.45) is -3.06. The number of carbonyl (C=O) groups is 1. The van der Waals surface area contributed by atoms with Gasteiger partial charge in [-0.3, -0.25) is 4.79 Å². The van der Waals surface area contributed by atoms with Gasteiger partial charge in [0.15, 0.2) is 0 Å². The molecule has 26 heavy (non-hydrogen) atoms. The largest absolute Gasteiger partial charge is 0.416 e. The summed E-state index contributed by atoms with van der Waals surface area (Å²) in [5, 5.41) is 2.83. The highest BCUT2D eigenvalue weighted by atomic mass is 19.4. The molecule has 0 atom stereocenters. The van der Waals surface area contributed by atoms with Crippen LogP contribution in [0.5, 0.6) is 0 Å². The number of anilines is 2. The normalized spacial score (nSPS) is 15.7. The Morgan fingerprint density at radius 1 is 1.04 bits per heavy atom. The maximum Gasteiger partial charge on any atom is 0.416 e. The lowest BCUT2D eigenvalue weighted by Gasteiger charge is -2.21. The number of hydrogen-bond acceptors (Lipinski definition) is 3. The molecule has 0 aliphatic carbocycles. The number of hydrogen-bond donors (Lipinski definition) is 2. The minimum Gasteiger partial charge on any atom is -0.397 e. The van der Waals surface area contributed by atoms with E-state index in [9.17, 15) is 18.0 Å². The Bertz CT molecular complexity index is 782. The number of halogens is 3. The average Bonchev–Trinajstić information content (AvgIpc) is 2.63. The Balaban J connectivity index is 1.80. The maximum atomic E-state index is 12.7. The van der Waals surface area contributed by atoms with E-state index in [1.807, 2.05) is 0 Å². The molecule has 1 amide bonds. The number of nitrogens with two attached hydrogens (primary N) is 1. The molecule has 1 heterocycles. The van der Waals surface area contributed by atoms with E-state index in [-0.39, 0.29) is 11.8 Å². The first-order valence-corrected chi connectivity index (χ1v) is 8.30. The number of ether oxygens (including phenoxy) is 1. The Kier molecular flexibility index (Phi) is 5.18. The molecule has 1 aliphatic heterocycles. The highest BCUT2D eigenvalue weighted by molar-refractivity contribution is 5.96. The Morgan fingerprint density at radius 2 is 1.65 bits per heavy atom. The van der Waals surface area contributed by atoms with Crippen molar-refractivity contribution in [3.63, 3.8) is 0 Å². The zero-order chi connectivity index (χ0) is 18.7. The van der Waals surface area contributed by atoms with E-state index in [0.717, 1.165) is 12.1 Å². The molecule has 0 radical (unpaired) electrons. The first-order valence-electron chi connectivity index (χ1n) is 8.30. The SMILES string of the molecule is Nc1ccc(-c2ccc(C(F)(F)F)cc2)cc1NC(=O)C1CCOCC1. The molecule has 0 saturated carbocycles. The predicted octanol–water partition coefficient (Wildman–Crippen LogP) is 4.32. The Morgan fingerprint density at radius 3 is 2.27 bits per heavy atom. The highest BCUT2D eigenvalue weighted by Gasteiger charge is 2.30. The average molecular weight is 364 g/mol. The van der Waals surface area contributed by atoms with Crippen LogP contribution in [0.2, 0.25) is 0 Å². The molecule has 1 aliphatic rings. The van der Waals surface area contributed by atoms with Crippen LogP contribution in [0.15, 0.2) is 42.5 Å². The summed E-state index contributed by atoms with van der Waals surface area (Å²) in [6.45, 7) is 1.11. The van der Waals surface area contributed by atoms with Crippen molar-refractivity contribution in [3.05, 3.63) is 48.0 Å². The van der Waals surface area contributed by atoms with Gasteiger partial charge in [-0.2, -0.15) is 13.2 Å². The van der Waals surface area contributed by atoms with Crippen molar-refractivity contribution in [3.8, 4) is 11.1 Å². The predicted molar refractivity (Wildman–Crippen MR) is 93.5 cm³/mol. The standard InChI is InChI=1S/C19H19F3N2O2/c20-19(21,22)15-4-1-12(2-5-15)14-3-6-16(23)17(11-14)24-18(25)13-7-9-26-10-8-13/h1-6,11,13H,7-10,23H2,(H,24,25). The lowest BCUT2D eigenvalue weighted by atomic mass is 9.98. The van der Waals surface area contributed by atoms with Crippen LogP contribution in [0.4, 0.5) is 24.5 Å². The number of alkyl halides is 3. The quantitative estimate of drug-likeness (QED) is 0.798. The van der Waals surface area contributed by atoms with E-state index in [2.05, 4.69) is 5.32 Å². The lowest BCUT2D eigenvalue weighted by molar-refractivity contribution is -0.137. The summed E-state index contributed by atoms with van der Waals surface area (Å²) < 4.78 is 43.3. The van der Waals surface area contributed by atoms with Crippen LogP contribution in [-0.4, -0.2) is 19.1 Å². The first kappa shape index (κ1) is 18.3. The number of carbonyl (C=O) groups excluding carboxylic acids is 1. The number of nitrogens with one attached hydrogen (secondary N) is 1. The molecule has 2 aromatic rings. The third-order valence-corrected chi connectivity index (χ3v) is 4.45. The van der Waals surface area contributed by atoms with Crippen LogP contribution < -0.4 is 11.1 Å². The van der Waals surface area contributed by atoms with Crippen LogP contribution in [0, 0.1) is 5.92 Å². The van der Waals surface area contributed by atoms with Crippen LogP contribution in [0.25, 0.3) is 11.1 Å². The third-order valence-electron chi connectivity index (χ3n) is 4.45. The van der Waals surface area contributed by atoms with Crippen LogP contribution in [0.3, 0.4) is 0 Å². The summed E-state index contributed by atoms with van der Waals surface area (Å²) in [5.41, 5.74) is 7.38. The molecule has 1 saturated heterocycles. The third kappa shape index (κ3) is 4.16. The summed E-state index contributed by atoms with van der Waals surface area (Å²) >= 11 is 0. The molecular formula is C19H19F3N2O2. The highest BCUT2D eigenvalue weighted by Crippen LogP contribution is 2.32. The van der Waals surface area contributed by atoms with Gasteiger partial charge in [0, 0.05) is 19.1 Å². The van der Waals surface area contributed by atoms with Gasteiger partial charge in [0.05, 0.1) is 16.9 Å². The molecular weight excluding hydrogens is 345 g/mol. The molecule has 0 spiro atoms. The second kappa shape index (κ2) is 7.37. The smallest absolute Gasteiger partial charge is 0.397 e. The van der Waals surface area contributed by atoms with Gasteiger partial charge in [0.25, 0.3) is 0 Å². The molecule has 3 rings (SSSR count). The van der Waals surface area contributed by atoms with Gasteiger partial charge in [0.1, 0.15) is 0 Å². The lowest BCUT2D eigenvalue weighted by Crippen LogP contribution is -2.28. The molecule has 1 fully saturated rings. The van der Waals surface area contributed by atoms with Gasteiger partial charge in [0.2, 0.25) is 5.91 Å². The van der Waals surface area contributed by atoms with Crippen LogP contribution >= 0.6 is 0 Å². The van der Waals surface area contributed by atoms with Crippen LogP contribution in [0.1, 0.15) is 18.4 Å². The molecule has 4 nitrogen and oxygen atoms in total. The second-order valence-electron chi connectivity index (χ2n) is 6.25. The fourth-order valence-electron chi connectivity index (χ4n) is 2.89. The summed E-state index contributed by atoms with van der Waals surface area (Å²) in [6, 6.07) is 9.89. The van der Waals surface area contributed by atoms with E-state index < -0.39 is 11.7 Å². The van der Waals surface area contributed by atoms with Crippen molar-refractivity contribution in [2.24, 2.45) is 5.92 Å². The van der Waals surface area contributed by atoms with Gasteiger partial charge < -0.3 is 15.8 Å². The van der Waals surface area contributed by atoms with Crippen molar-refractivity contribution < 1.29 is 22.7 Å². The molecule has 3 N–H and O–H groups in total. The van der Waals surface area contributed by atoms with E-state index >= 15 is 0 Å². The molecule has 0 aromatic heterocycles. The number of nitrogen functional groups attached to an aromatic ring is 1. The van der Waals surface area contributed by atoms with Gasteiger partial charge in [-0.15, -0.1) is 0 Å². The molecule has 0 unspecified atom stereocenters. The summed E-state index contributed by atoms with van der Waals surface area (Å²) in [5.74, 6) is -0.248. The van der Waals surface area contributed by atoms with Crippen molar-refractivity contribution in [2.75, 3.05) is 24.3 Å². The molecule has 138 valence electrons. The van der Waals surface area contributed by atoms with Crippen molar-refractivity contribution in [1.29, 1.82) is 0 Å². The van der Waals surface area contributed by atoms with E-state index in [1.165, 1.54) is 12.1 Å². The van der Waals surface area contributed by atoms with Gasteiger partial charge >= 0.3 is 6.18 Å². The Hall–Kier alpha value is -2.54. The first-order chi connectivity index (χ1) is 12.3. The maximum absolute atomic E-state index is 12.7. The van der Waals surface area contributed by atoms with Gasteiger partial charge in [-0.25, -0.2) is 0 Å². The second-order valence-corrected chi connectivity index (χ2v) is 6.25. The fourth-order valence-corrected chi connectivity index (χ4v) is 2.89. The van der Waals surface area contributed by atoms with Gasteiger partial charge in [-0.05, 0) is 48.2 Å². The monoisotopic (exact) mass is 364 g/mol. The van der Waals surface area contributed by atoms with E-state index in [4.69, 9.17) is 10.5 Å². The van der Waals surface area contributed by atoms with E-state index in [0.29, 0.717) is 48.6 Å². The number of benzene rings is 2. The molecule has 2 aromatic carbocycles. The Labute approximate surface area is 149 Å². The van der Waals surface area contributed by atoms with Crippen molar-refractivity contribution >= 4 is 17.3 Å². The topological polar surface area (TPSA) is 64.3 Å². The van der Waals surface area contributed by atoms with Crippen molar-refractivity contribution in [1.82, 2.24) is 0 Å². The molecule has 7 heteroatoms. The number of amides is 1. The minimum absolute atomic E-state index is 0.121.